The van der Waals surface area contributed by atoms with Crippen molar-refractivity contribution in [2.75, 3.05) is 41.7 Å². The van der Waals surface area contributed by atoms with Gasteiger partial charge in [0.25, 0.3) is 11.8 Å². The van der Waals surface area contributed by atoms with E-state index in [2.05, 4.69) is 36.0 Å². The van der Waals surface area contributed by atoms with Gasteiger partial charge < -0.3 is 20.4 Å². The highest BCUT2D eigenvalue weighted by Crippen LogP contribution is 2.35. The predicted molar refractivity (Wildman–Crippen MR) is 209 cm³/mol. The molecule has 0 aliphatic carbocycles. The quantitative estimate of drug-likeness (QED) is 0.148. The first kappa shape index (κ1) is 37.8. The zero-order valence-electron chi connectivity index (χ0n) is 32.0. The number of H-pyrrole nitrogens is 1. The van der Waals surface area contributed by atoms with E-state index in [-0.39, 0.29) is 59.9 Å². The molecule has 2 atom stereocenters. The first-order valence-electron chi connectivity index (χ1n) is 19.6. The number of anilines is 4. The highest BCUT2D eigenvalue weighted by molar-refractivity contribution is 6.23. The second kappa shape index (κ2) is 15.2. The van der Waals surface area contributed by atoms with E-state index in [9.17, 15) is 32.8 Å². The standard InChI is InChI=1S/C40H40F2N12O5/c1-21-14-32(50-49-21)45-35-29-19-44-54(36(29)48-40(47-35)43-18-23-2-3-24(41)16-30(23)42)25-9-12-51(13-10-25)34(56)15-22-8-11-52(20-22)26-4-5-27-28(17-26)39(59)53(38(27)58)31-6-7-33(55)46-37(31)57/h2-5,14,16-17,19,22,25,31H,6-13,15,18,20H2,1H3,(H,46,55,57)(H3,43,45,47,48,49,50). The molecule has 4 N–H and O–H groups in total. The van der Waals surface area contributed by atoms with Crippen LogP contribution in [-0.2, 0) is 20.9 Å². The molecule has 4 aliphatic heterocycles. The Morgan fingerprint density at radius 2 is 1.75 bits per heavy atom. The molecule has 4 aliphatic rings. The third kappa shape index (κ3) is 7.31. The summed E-state index contributed by atoms with van der Waals surface area (Å²) in [7, 11) is 0. The maximum Gasteiger partial charge on any atom is 0.262 e. The van der Waals surface area contributed by atoms with Crippen molar-refractivity contribution in [3.8, 4) is 0 Å². The van der Waals surface area contributed by atoms with Gasteiger partial charge in [-0.25, -0.2) is 13.5 Å². The number of fused-ring (bicyclic) bond motifs is 2. The topological polar surface area (TPSA) is 203 Å². The van der Waals surface area contributed by atoms with Gasteiger partial charge in [0.05, 0.1) is 28.8 Å². The number of benzene rings is 2. The summed E-state index contributed by atoms with van der Waals surface area (Å²) >= 11 is 0. The number of hydrogen-bond acceptors (Lipinski definition) is 12. The maximum atomic E-state index is 14.4. The molecule has 3 fully saturated rings. The normalized spacial score (nSPS) is 19.8. The molecule has 0 bridgehead atoms. The van der Waals surface area contributed by atoms with Gasteiger partial charge in [0.15, 0.2) is 11.5 Å². The second-order valence-corrected chi connectivity index (χ2v) is 15.5. The van der Waals surface area contributed by atoms with Crippen LogP contribution in [0.15, 0.2) is 48.7 Å². The van der Waals surface area contributed by atoms with Gasteiger partial charge >= 0.3 is 0 Å². The van der Waals surface area contributed by atoms with Crippen LogP contribution in [0.4, 0.5) is 32.1 Å². The lowest BCUT2D eigenvalue weighted by Gasteiger charge is -2.33. The van der Waals surface area contributed by atoms with Crippen LogP contribution in [0.25, 0.3) is 11.0 Å². The van der Waals surface area contributed by atoms with Crippen LogP contribution in [0, 0.1) is 24.5 Å². The third-order valence-electron chi connectivity index (χ3n) is 11.6. The average Bonchev–Trinajstić information content (AvgIpc) is 4.02. The highest BCUT2D eigenvalue weighted by Gasteiger charge is 2.45. The van der Waals surface area contributed by atoms with Crippen molar-refractivity contribution in [2.45, 2.75) is 64.1 Å². The fourth-order valence-corrected chi connectivity index (χ4v) is 8.44. The number of amides is 5. The minimum atomic E-state index is -1.03. The Morgan fingerprint density at radius 1 is 0.932 bits per heavy atom. The maximum absolute atomic E-state index is 14.4. The zero-order valence-corrected chi connectivity index (χ0v) is 32.0. The van der Waals surface area contributed by atoms with Gasteiger partial charge in [-0.15, -0.1) is 0 Å². The zero-order chi connectivity index (χ0) is 40.9. The summed E-state index contributed by atoms with van der Waals surface area (Å²) in [5, 5.41) is 21.0. The van der Waals surface area contributed by atoms with E-state index in [1.807, 2.05) is 22.6 Å². The number of hydrogen-bond donors (Lipinski definition) is 4. The lowest BCUT2D eigenvalue weighted by molar-refractivity contribution is -0.136. The second-order valence-electron chi connectivity index (χ2n) is 15.5. The molecule has 0 radical (unpaired) electrons. The summed E-state index contributed by atoms with van der Waals surface area (Å²) in [5.41, 5.74) is 2.87. The molecule has 19 heteroatoms. The number of halogens is 2. The Balaban J connectivity index is 0.835. The summed E-state index contributed by atoms with van der Waals surface area (Å²) in [6, 6.07) is 9.21. The summed E-state index contributed by atoms with van der Waals surface area (Å²) in [5.74, 6) is -2.16. The Labute approximate surface area is 335 Å². The SMILES string of the molecule is Cc1cc(Nc2nc(NCc3ccc(F)cc3F)nc3c2cnn3C2CCN(C(=O)CC3CCN(c4ccc5c(c4)C(=O)N(C4CCC(=O)NC4=O)C5=O)C3)CC2)n[nH]1. The highest BCUT2D eigenvalue weighted by atomic mass is 19.1. The van der Waals surface area contributed by atoms with Crippen molar-refractivity contribution in [3.05, 3.63) is 82.7 Å². The van der Waals surface area contributed by atoms with Gasteiger partial charge in [0.1, 0.15) is 23.5 Å². The van der Waals surface area contributed by atoms with Crippen LogP contribution in [0.3, 0.4) is 0 Å². The molecule has 5 aromatic rings. The minimum Gasteiger partial charge on any atom is -0.371 e. The lowest BCUT2D eigenvalue weighted by Crippen LogP contribution is -2.54. The van der Waals surface area contributed by atoms with Gasteiger partial charge in [-0.3, -0.25) is 39.3 Å². The molecule has 3 aromatic heterocycles. The first-order chi connectivity index (χ1) is 28.5. The van der Waals surface area contributed by atoms with Crippen molar-refractivity contribution in [3.63, 3.8) is 0 Å². The Morgan fingerprint density at radius 3 is 2.51 bits per heavy atom. The molecule has 0 spiro atoms. The number of likely N-dealkylation sites (tertiary alicyclic amines) is 1. The van der Waals surface area contributed by atoms with E-state index in [0.29, 0.717) is 68.1 Å². The van der Waals surface area contributed by atoms with Crippen molar-refractivity contribution in [1.29, 1.82) is 0 Å². The first-order valence-corrected chi connectivity index (χ1v) is 19.6. The monoisotopic (exact) mass is 806 g/mol. The summed E-state index contributed by atoms with van der Waals surface area (Å²) in [6.07, 6.45) is 4.27. The van der Waals surface area contributed by atoms with Gasteiger partial charge in [-0.05, 0) is 62.8 Å². The van der Waals surface area contributed by atoms with E-state index in [1.54, 1.807) is 24.4 Å². The Kier molecular flexibility index (Phi) is 9.72. The summed E-state index contributed by atoms with van der Waals surface area (Å²) in [4.78, 5) is 78.6. The summed E-state index contributed by atoms with van der Waals surface area (Å²) < 4.78 is 29.8. The molecule has 7 heterocycles. The molecule has 0 saturated carbocycles. The molecule has 59 heavy (non-hydrogen) atoms. The Bertz CT molecular complexity index is 2530. The van der Waals surface area contributed by atoms with E-state index in [0.717, 1.165) is 28.8 Å². The van der Waals surface area contributed by atoms with Crippen LogP contribution in [0.5, 0.6) is 0 Å². The number of nitrogens with one attached hydrogen (secondary N) is 4. The molecule has 304 valence electrons. The number of aryl methyl sites for hydroxylation is 1. The third-order valence-corrected chi connectivity index (χ3v) is 11.6. The summed E-state index contributed by atoms with van der Waals surface area (Å²) in [6.45, 7) is 4.25. The predicted octanol–water partition coefficient (Wildman–Crippen LogP) is 3.97. The van der Waals surface area contributed by atoms with Crippen LogP contribution in [0.1, 0.15) is 76.5 Å². The molecule has 5 amide bonds. The molecular formula is C40H40F2N12O5. The van der Waals surface area contributed by atoms with Gasteiger partial charge in [-0.2, -0.15) is 20.2 Å². The molecular weight excluding hydrogens is 767 g/mol. The molecule has 3 saturated heterocycles. The number of aromatic amines is 1. The molecule has 17 nitrogen and oxygen atoms in total. The van der Waals surface area contributed by atoms with Gasteiger partial charge in [0, 0.05) is 74.6 Å². The number of aromatic nitrogens is 6. The van der Waals surface area contributed by atoms with E-state index < -0.39 is 41.3 Å². The molecule has 2 aromatic carbocycles. The number of piperidine rings is 2. The van der Waals surface area contributed by atoms with Crippen molar-refractivity contribution in [2.24, 2.45) is 5.92 Å². The largest absolute Gasteiger partial charge is 0.371 e. The van der Waals surface area contributed by atoms with Crippen LogP contribution < -0.4 is 20.9 Å². The van der Waals surface area contributed by atoms with E-state index in [4.69, 9.17) is 10.1 Å². The van der Waals surface area contributed by atoms with Crippen LogP contribution in [-0.4, -0.2) is 102 Å². The number of carbonyl (C=O) groups is 5. The average molecular weight is 807 g/mol. The number of nitrogens with zero attached hydrogens (tertiary/aromatic N) is 8. The van der Waals surface area contributed by atoms with Crippen LogP contribution in [0.2, 0.25) is 0 Å². The van der Waals surface area contributed by atoms with Crippen molar-refractivity contribution in [1.82, 2.24) is 45.1 Å². The van der Waals surface area contributed by atoms with E-state index in [1.165, 1.54) is 12.1 Å². The molecule has 2 unspecified atom stereocenters. The number of carbonyl (C=O) groups excluding carboxylic acids is 5. The van der Waals surface area contributed by atoms with Crippen molar-refractivity contribution >= 4 is 63.8 Å². The minimum absolute atomic E-state index is 0.0190. The smallest absolute Gasteiger partial charge is 0.262 e. The number of rotatable bonds is 10. The molecule has 9 rings (SSSR count). The fraction of sp³-hybridized carbons (Fsp3) is 0.375. The Hall–Kier alpha value is -6.79. The van der Waals surface area contributed by atoms with Crippen LogP contribution >= 0.6 is 0 Å². The fourth-order valence-electron chi connectivity index (χ4n) is 8.44. The van der Waals surface area contributed by atoms with Crippen molar-refractivity contribution < 1.29 is 32.8 Å². The van der Waals surface area contributed by atoms with Gasteiger partial charge in [0.2, 0.25) is 23.7 Å². The van der Waals surface area contributed by atoms with Gasteiger partial charge in [-0.1, -0.05) is 6.07 Å². The number of imide groups is 2. The van der Waals surface area contributed by atoms with E-state index >= 15 is 0 Å². The lowest BCUT2D eigenvalue weighted by atomic mass is 10.0.